The van der Waals surface area contributed by atoms with Crippen LogP contribution in [0.25, 0.3) is 0 Å². The average molecular weight is 355 g/mol. The summed E-state index contributed by atoms with van der Waals surface area (Å²) in [5, 5.41) is 4.17. The predicted molar refractivity (Wildman–Crippen MR) is 88.9 cm³/mol. The van der Waals surface area contributed by atoms with Gasteiger partial charge in [-0.25, -0.2) is 0 Å². The van der Waals surface area contributed by atoms with Crippen LogP contribution in [0.3, 0.4) is 0 Å². The highest BCUT2D eigenvalue weighted by atomic mass is 79.9. The second kappa shape index (κ2) is 6.51. The summed E-state index contributed by atoms with van der Waals surface area (Å²) < 4.78 is 6.42. The average Bonchev–Trinajstić information content (AvgIpc) is 2.42. The Morgan fingerprint density at radius 1 is 1.20 bits per heavy atom. The van der Waals surface area contributed by atoms with E-state index >= 15 is 0 Å². The second-order valence-corrected chi connectivity index (χ2v) is 6.03. The molecule has 0 aromatic heterocycles. The van der Waals surface area contributed by atoms with Crippen LogP contribution < -0.4 is 10.1 Å². The van der Waals surface area contributed by atoms with Crippen molar-refractivity contribution in [2.24, 2.45) is 0 Å². The Hall–Kier alpha value is -1.19. The van der Waals surface area contributed by atoms with Crippen molar-refractivity contribution in [2.45, 2.75) is 19.9 Å². The number of aryl methyl sites for hydroxylation is 1. The van der Waals surface area contributed by atoms with Crippen LogP contribution in [0.1, 0.15) is 24.1 Å². The molecule has 1 unspecified atom stereocenters. The molecule has 0 saturated carbocycles. The van der Waals surface area contributed by atoms with E-state index in [-0.39, 0.29) is 6.04 Å². The van der Waals surface area contributed by atoms with Crippen molar-refractivity contribution in [3.63, 3.8) is 0 Å². The number of hydrogen-bond acceptors (Lipinski definition) is 2. The summed E-state index contributed by atoms with van der Waals surface area (Å²) in [6.07, 6.45) is 0. The van der Waals surface area contributed by atoms with Gasteiger partial charge in [-0.05, 0) is 54.0 Å². The molecule has 106 valence electrons. The van der Waals surface area contributed by atoms with Gasteiger partial charge in [-0.3, -0.25) is 0 Å². The molecule has 0 aliphatic rings. The maximum Gasteiger partial charge on any atom is 0.124 e. The summed E-state index contributed by atoms with van der Waals surface area (Å²) in [5.74, 6) is 0.883. The van der Waals surface area contributed by atoms with E-state index in [4.69, 9.17) is 16.3 Å². The van der Waals surface area contributed by atoms with Crippen molar-refractivity contribution in [2.75, 3.05) is 12.4 Å². The lowest BCUT2D eigenvalue weighted by molar-refractivity contribution is 0.408. The van der Waals surface area contributed by atoms with Crippen LogP contribution in [0, 0.1) is 6.92 Å². The third-order valence-corrected chi connectivity index (χ3v) is 4.08. The number of nitrogens with one attached hydrogen (secondary N) is 1. The summed E-state index contributed by atoms with van der Waals surface area (Å²) in [5.41, 5.74) is 3.30. The van der Waals surface area contributed by atoms with Gasteiger partial charge in [-0.1, -0.05) is 29.3 Å². The van der Waals surface area contributed by atoms with Gasteiger partial charge in [0.1, 0.15) is 5.75 Å². The van der Waals surface area contributed by atoms with E-state index in [0.717, 1.165) is 21.5 Å². The van der Waals surface area contributed by atoms with E-state index in [1.54, 1.807) is 7.11 Å². The Labute approximate surface area is 133 Å². The highest BCUT2D eigenvalue weighted by molar-refractivity contribution is 9.10. The summed E-state index contributed by atoms with van der Waals surface area (Å²) in [4.78, 5) is 0. The topological polar surface area (TPSA) is 21.3 Å². The minimum absolute atomic E-state index is 0.111. The van der Waals surface area contributed by atoms with Gasteiger partial charge in [-0.2, -0.15) is 0 Å². The van der Waals surface area contributed by atoms with Crippen molar-refractivity contribution < 1.29 is 4.74 Å². The zero-order valence-electron chi connectivity index (χ0n) is 11.7. The Balaban J connectivity index is 2.30. The maximum atomic E-state index is 6.04. The monoisotopic (exact) mass is 353 g/mol. The van der Waals surface area contributed by atoms with Crippen LogP contribution in [0.5, 0.6) is 5.75 Å². The maximum absolute atomic E-state index is 6.04. The minimum Gasteiger partial charge on any atom is -0.496 e. The zero-order chi connectivity index (χ0) is 14.7. The molecule has 0 aliphatic heterocycles. The molecule has 0 bridgehead atoms. The molecule has 0 heterocycles. The van der Waals surface area contributed by atoms with E-state index in [1.807, 2.05) is 30.3 Å². The number of methoxy groups -OCH3 is 1. The van der Waals surface area contributed by atoms with Gasteiger partial charge < -0.3 is 10.1 Å². The molecule has 0 fully saturated rings. The summed E-state index contributed by atoms with van der Waals surface area (Å²) in [6, 6.07) is 12.0. The molecule has 0 radical (unpaired) electrons. The second-order valence-electron chi connectivity index (χ2n) is 4.74. The van der Waals surface area contributed by atoms with Crippen molar-refractivity contribution in [1.82, 2.24) is 0 Å². The molecule has 20 heavy (non-hydrogen) atoms. The quantitative estimate of drug-likeness (QED) is 0.772. The van der Waals surface area contributed by atoms with Gasteiger partial charge in [0.25, 0.3) is 0 Å². The van der Waals surface area contributed by atoms with Crippen molar-refractivity contribution in [3.05, 3.63) is 57.0 Å². The molecular formula is C16H17BrClNO. The molecular weight excluding hydrogens is 338 g/mol. The molecule has 0 aliphatic carbocycles. The number of anilines is 1. The Bertz CT molecular complexity index is 615. The van der Waals surface area contributed by atoms with Gasteiger partial charge >= 0.3 is 0 Å². The first-order valence-electron chi connectivity index (χ1n) is 6.37. The number of halogens is 2. The number of hydrogen-bond donors (Lipinski definition) is 1. The third kappa shape index (κ3) is 3.47. The van der Waals surface area contributed by atoms with Crippen LogP contribution in [0.2, 0.25) is 5.02 Å². The van der Waals surface area contributed by atoms with Crippen LogP contribution in [-0.4, -0.2) is 7.11 Å². The Kier molecular flexibility index (Phi) is 4.95. The van der Waals surface area contributed by atoms with Crippen molar-refractivity contribution in [3.8, 4) is 5.75 Å². The van der Waals surface area contributed by atoms with Crippen LogP contribution in [0.4, 0.5) is 5.69 Å². The summed E-state index contributed by atoms with van der Waals surface area (Å²) in [7, 11) is 1.69. The number of rotatable bonds is 4. The standard InChI is InChI=1S/C16H17BrClNO/c1-10-4-7-16(20-3)13(8-10)11(2)19-15-9-12(18)5-6-14(15)17/h4-9,11,19H,1-3H3. The molecule has 2 aromatic rings. The van der Waals surface area contributed by atoms with Gasteiger partial charge in [0.2, 0.25) is 0 Å². The zero-order valence-corrected chi connectivity index (χ0v) is 14.0. The van der Waals surface area contributed by atoms with Gasteiger partial charge in [0, 0.05) is 15.1 Å². The number of benzene rings is 2. The molecule has 2 aromatic carbocycles. The Morgan fingerprint density at radius 2 is 1.95 bits per heavy atom. The van der Waals surface area contributed by atoms with Gasteiger partial charge in [0.15, 0.2) is 0 Å². The van der Waals surface area contributed by atoms with Crippen LogP contribution >= 0.6 is 27.5 Å². The molecule has 0 amide bonds. The summed E-state index contributed by atoms with van der Waals surface area (Å²) >= 11 is 9.57. The highest BCUT2D eigenvalue weighted by Gasteiger charge is 2.13. The van der Waals surface area contributed by atoms with Gasteiger partial charge in [0.05, 0.1) is 18.8 Å². The molecule has 2 nitrogen and oxygen atoms in total. The first-order valence-corrected chi connectivity index (χ1v) is 7.54. The molecule has 0 saturated heterocycles. The van der Waals surface area contributed by atoms with E-state index in [2.05, 4.69) is 41.2 Å². The lowest BCUT2D eigenvalue weighted by Gasteiger charge is -2.20. The highest BCUT2D eigenvalue weighted by Crippen LogP contribution is 2.32. The Morgan fingerprint density at radius 3 is 2.65 bits per heavy atom. The first kappa shape index (κ1) is 15.2. The third-order valence-electron chi connectivity index (χ3n) is 3.15. The van der Waals surface area contributed by atoms with E-state index < -0.39 is 0 Å². The molecule has 0 spiro atoms. The van der Waals surface area contributed by atoms with Gasteiger partial charge in [-0.15, -0.1) is 0 Å². The normalized spacial score (nSPS) is 12.1. The molecule has 2 rings (SSSR count). The molecule has 1 N–H and O–H groups in total. The first-order chi connectivity index (χ1) is 9.51. The van der Waals surface area contributed by atoms with E-state index in [1.165, 1.54) is 5.56 Å². The van der Waals surface area contributed by atoms with Crippen molar-refractivity contribution in [1.29, 1.82) is 0 Å². The van der Waals surface area contributed by atoms with Crippen LogP contribution in [-0.2, 0) is 0 Å². The fourth-order valence-corrected chi connectivity index (χ4v) is 2.64. The fourth-order valence-electron chi connectivity index (χ4n) is 2.11. The fraction of sp³-hybridized carbons (Fsp3) is 0.250. The molecule has 4 heteroatoms. The predicted octanol–water partition coefficient (Wildman–Crippen LogP) is 5.59. The van der Waals surface area contributed by atoms with E-state index in [9.17, 15) is 0 Å². The lowest BCUT2D eigenvalue weighted by Crippen LogP contribution is -2.09. The van der Waals surface area contributed by atoms with Crippen LogP contribution in [0.15, 0.2) is 40.9 Å². The van der Waals surface area contributed by atoms with Crippen molar-refractivity contribution >= 4 is 33.2 Å². The molecule has 1 atom stereocenters. The minimum atomic E-state index is 0.111. The lowest BCUT2D eigenvalue weighted by atomic mass is 10.0. The number of ether oxygens (including phenoxy) is 1. The largest absolute Gasteiger partial charge is 0.496 e. The smallest absolute Gasteiger partial charge is 0.124 e. The van der Waals surface area contributed by atoms with E-state index in [0.29, 0.717) is 5.02 Å². The summed E-state index contributed by atoms with van der Waals surface area (Å²) in [6.45, 7) is 4.18. The SMILES string of the molecule is COc1ccc(C)cc1C(C)Nc1cc(Cl)ccc1Br.